The van der Waals surface area contributed by atoms with Crippen LogP contribution in [0.4, 0.5) is 5.69 Å². The molecule has 22 heavy (non-hydrogen) atoms. The van der Waals surface area contributed by atoms with Crippen LogP contribution in [-0.2, 0) is 6.42 Å². The first-order valence-corrected chi connectivity index (χ1v) is 7.71. The summed E-state index contributed by atoms with van der Waals surface area (Å²) in [6.45, 7) is 0.690. The van der Waals surface area contributed by atoms with Crippen molar-refractivity contribution in [1.29, 1.82) is 5.26 Å². The molecule has 2 heterocycles. The van der Waals surface area contributed by atoms with Crippen molar-refractivity contribution in [3.8, 4) is 6.07 Å². The standard InChI is InChI=1S/C18H16N2O2/c19-11-13-3-1-5-16-14(13)4-2-9-20(16)18(21)15-8-10-22-17(15)12-6-7-12/h1,3,5,8,10,12H,2,4,6-7,9H2. The lowest BCUT2D eigenvalue weighted by atomic mass is 9.96. The summed E-state index contributed by atoms with van der Waals surface area (Å²) < 4.78 is 5.53. The first kappa shape index (κ1) is 13.1. The maximum absolute atomic E-state index is 13.0. The SMILES string of the molecule is N#Cc1cccc2c1CCCN2C(=O)c1ccoc1C1CC1. The molecule has 2 aliphatic rings. The van der Waals surface area contributed by atoms with Crippen LogP contribution < -0.4 is 4.90 Å². The maximum Gasteiger partial charge on any atom is 0.261 e. The lowest BCUT2D eigenvalue weighted by Crippen LogP contribution is -2.36. The minimum atomic E-state index is -0.00769. The number of rotatable bonds is 2. The first-order chi connectivity index (χ1) is 10.8. The summed E-state index contributed by atoms with van der Waals surface area (Å²) in [6, 6.07) is 9.61. The van der Waals surface area contributed by atoms with E-state index in [2.05, 4.69) is 6.07 Å². The highest BCUT2D eigenvalue weighted by Crippen LogP contribution is 2.43. The van der Waals surface area contributed by atoms with Crippen molar-refractivity contribution in [1.82, 2.24) is 0 Å². The van der Waals surface area contributed by atoms with Crippen molar-refractivity contribution in [3.63, 3.8) is 0 Å². The normalized spacial score (nSPS) is 17.0. The maximum atomic E-state index is 13.0. The Balaban J connectivity index is 1.74. The molecule has 0 spiro atoms. The van der Waals surface area contributed by atoms with Crippen LogP contribution in [0.15, 0.2) is 34.9 Å². The van der Waals surface area contributed by atoms with Crippen molar-refractivity contribution >= 4 is 11.6 Å². The van der Waals surface area contributed by atoms with E-state index in [4.69, 9.17) is 4.42 Å². The van der Waals surface area contributed by atoms with Gasteiger partial charge < -0.3 is 9.32 Å². The zero-order valence-corrected chi connectivity index (χ0v) is 12.2. The number of furan rings is 1. The molecule has 1 saturated carbocycles. The highest BCUT2D eigenvalue weighted by atomic mass is 16.3. The van der Waals surface area contributed by atoms with Gasteiger partial charge in [0.25, 0.3) is 5.91 Å². The topological polar surface area (TPSA) is 57.2 Å². The number of nitrogens with zero attached hydrogens (tertiary/aromatic N) is 2. The quantitative estimate of drug-likeness (QED) is 0.849. The van der Waals surface area contributed by atoms with Gasteiger partial charge in [-0.2, -0.15) is 5.26 Å². The summed E-state index contributed by atoms with van der Waals surface area (Å²) in [7, 11) is 0. The Labute approximate surface area is 129 Å². The number of anilines is 1. The third-order valence-corrected chi connectivity index (χ3v) is 4.49. The minimum Gasteiger partial charge on any atom is -0.468 e. The summed E-state index contributed by atoms with van der Waals surface area (Å²) in [5.74, 6) is 1.23. The van der Waals surface area contributed by atoms with Crippen molar-refractivity contribution in [3.05, 3.63) is 53.0 Å². The predicted octanol–water partition coefficient (Wildman–Crippen LogP) is 3.62. The Morgan fingerprint density at radius 2 is 2.18 bits per heavy atom. The van der Waals surface area contributed by atoms with E-state index in [9.17, 15) is 10.1 Å². The van der Waals surface area contributed by atoms with Crippen LogP contribution in [0, 0.1) is 11.3 Å². The molecule has 1 aromatic heterocycles. The van der Waals surface area contributed by atoms with Gasteiger partial charge in [-0.15, -0.1) is 0 Å². The molecule has 1 amide bonds. The van der Waals surface area contributed by atoms with Gasteiger partial charge in [0.15, 0.2) is 0 Å². The van der Waals surface area contributed by atoms with E-state index in [0.29, 0.717) is 23.6 Å². The van der Waals surface area contributed by atoms with Crippen LogP contribution in [0.3, 0.4) is 0 Å². The molecular weight excluding hydrogens is 276 g/mol. The monoisotopic (exact) mass is 292 g/mol. The smallest absolute Gasteiger partial charge is 0.261 e. The molecule has 0 atom stereocenters. The highest BCUT2D eigenvalue weighted by Gasteiger charge is 2.34. The molecular formula is C18H16N2O2. The van der Waals surface area contributed by atoms with Crippen molar-refractivity contribution in [2.75, 3.05) is 11.4 Å². The van der Waals surface area contributed by atoms with E-state index < -0.39 is 0 Å². The number of carbonyl (C=O) groups is 1. The number of amides is 1. The number of hydrogen-bond acceptors (Lipinski definition) is 3. The van der Waals surface area contributed by atoms with Gasteiger partial charge in [0.05, 0.1) is 23.5 Å². The van der Waals surface area contributed by atoms with Crippen molar-refractivity contribution < 1.29 is 9.21 Å². The zero-order chi connectivity index (χ0) is 15.1. The Morgan fingerprint density at radius 3 is 2.95 bits per heavy atom. The van der Waals surface area contributed by atoms with Gasteiger partial charge in [-0.3, -0.25) is 4.79 Å². The Hall–Kier alpha value is -2.54. The molecule has 1 aromatic carbocycles. The summed E-state index contributed by atoms with van der Waals surface area (Å²) in [6.07, 6.45) is 5.54. The van der Waals surface area contributed by atoms with Gasteiger partial charge in [0.1, 0.15) is 5.76 Å². The van der Waals surface area contributed by atoms with Crippen molar-refractivity contribution in [2.45, 2.75) is 31.6 Å². The molecule has 1 aliphatic heterocycles. The molecule has 0 unspecified atom stereocenters. The second-order valence-corrected chi connectivity index (χ2v) is 5.95. The van der Waals surface area contributed by atoms with Crippen molar-refractivity contribution in [2.24, 2.45) is 0 Å². The zero-order valence-electron chi connectivity index (χ0n) is 12.2. The fourth-order valence-electron chi connectivity index (χ4n) is 3.25. The third kappa shape index (κ3) is 2.01. The molecule has 4 rings (SSSR count). The number of carbonyl (C=O) groups excluding carboxylic acids is 1. The molecule has 4 heteroatoms. The molecule has 0 radical (unpaired) electrons. The molecule has 0 saturated heterocycles. The van der Waals surface area contributed by atoms with E-state index in [-0.39, 0.29) is 5.91 Å². The molecule has 0 bridgehead atoms. The average Bonchev–Trinajstić information content (AvgIpc) is 3.30. The Morgan fingerprint density at radius 1 is 1.32 bits per heavy atom. The summed E-state index contributed by atoms with van der Waals surface area (Å²) in [4.78, 5) is 14.8. The average molecular weight is 292 g/mol. The third-order valence-electron chi connectivity index (χ3n) is 4.49. The molecule has 2 aromatic rings. The Kier molecular flexibility index (Phi) is 3.00. The number of hydrogen-bond donors (Lipinski definition) is 0. The van der Waals surface area contributed by atoms with Gasteiger partial charge in [-0.1, -0.05) is 6.07 Å². The summed E-state index contributed by atoms with van der Waals surface area (Å²) in [5.41, 5.74) is 3.21. The van der Waals surface area contributed by atoms with Crippen LogP contribution in [0.2, 0.25) is 0 Å². The largest absolute Gasteiger partial charge is 0.468 e. The van der Waals surface area contributed by atoms with E-state index in [1.54, 1.807) is 17.2 Å². The summed E-state index contributed by atoms with van der Waals surface area (Å²) in [5, 5.41) is 9.26. The highest BCUT2D eigenvalue weighted by molar-refractivity contribution is 6.07. The van der Waals surface area contributed by atoms with Gasteiger partial charge in [-0.25, -0.2) is 0 Å². The lowest BCUT2D eigenvalue weighted by Gasteiger charge is -2.30. The van der Waals surface area contributed by atoms with E-state index in [1.165, 1.54) is 0 Å². The van der Waals surface area contributed by atoms with E-state index in [0.717, 1.165) is 42.7 Å². The fraction of sp³-hybridized carbons (Fsp3) is 0.333. The predicted molar refractivity (Wildman–Crippen MR) is 81.8 cm³/mol. The second kappa shape index (κ2) is 5.03. The van der Waals surface area contributed by atoms with E-state index >= 15 is 0 Å². The molecule has 4 nitrogen and oxygen atoms in total. The summed E-state index contributed by atoms with van der Waals surface area (Å²) >= 11 is 0. The number of fused-ring (bicyclic) bond motifs is 1. The number of nitriles is 1. The molecule has 1 aliphatic carbocycles. The second-order valence-electron chi connectivity index (χ2n) is 5.95. The van der Waals surface area contributed by atoms with Crippen LogP contribution in [0.1, 0.15) is 52.4 Å². The Bertz CT molecular complexity index is 781. The molecule has 1 fully saturated rings. The van der Waals surface area contributed by atoms with Crippen LogP contribution in [-0.4, -0.2) is 12.5 Å². The lowest BCUT2D eigenvalue weighted by molar-refractivity contribution is 0.0983. The van der Waals surface area contributed by atoms with Crippen LogP contribution in [0.25, 0.3) is 0 Å². The van der Waals surface area contributed by atoms with Gasteiger partial charge in [0.2, 0.25) is 0 Å². The van der Waals surface area contributed by atoms with Gasteiger partial charge >= 0.3 is 0 Å². The first-order valence-electron chi connectivity index (χ1n) is 7.71. The van der Waals surface area contributed by atoms with Gasteiger partial charge in [-0.05, 0) is 49.4 Å². The fourth-order valence-corrected chi connectivity index (χ4v) is 3.25. The van der Waals surface area contributed by atoms with Gasteiger partial charge in [0, 0.05) is 18.2 Å². The molecule has 0 N–H and O–H groups in total. The molecule has 110 valence electrons. The van der Waals surface area contributed by atoms with Crippen LogP contribution >= 0.6 is 0 Å². The minimum absolute atomic E-state index is 0.00769. The number of benzene rings is 1. The van der Waals surface area contributed by atoms with Crippen LogP contribution in [0.5, 0.6) is 0 Å². The van der Waals surface area contributed by atoms with E-state index in [1.807, 2.05) is 18.2 Å².